The molecule has 13 heteroatoms. The molecule has 10 aromatic carbocycles. The largest absolute Gasteiger partial charge is 0.323 e. The Morgan fingerprint density at radius 3 is 0.600 bits per heavy atom. The van der Waals surface area contributed by atoms with Gasteiger partial charge in [0, 0.05) is 112 Å². The topological polar surface area (TPSA) is 84.6 Å². The fraction of sp³-hybridized carbons (Fsp3) is 0.636. The van der Waals surface area contributed by atoms with Gasteiger partial charge in [0.2, 0.25) is 0 Å². The maximum absolute atomic E-state index is 14.8. The van der Waals surface area contributed by atoms with E-state index in [1.807, 2.05) is 24.3 Å². The first-order valence-electron chi connectivity index (χ1n) is 60.8. The number of thiophene rings is 1. The van der Waals surface area contributed by atoms with Crippen LogP contribution in [0, 0.1) is 23.7 Å². The Labute approximate surface area is 899 Å². The quantitative estimate of drug-likeness (QED) is 0.0159. The van der Waals surface area contributed by atoms with Gasteiger partial charge in [-0.25, -0.2) is 0 Å². The van der Waals surface area contributed by atoms with Gasteiger partial charge in [-0.1, -0.05) is 576 Å². The van der Waals surface area contributed by atoms with Crippen LogP contribution in [0.15, 0.2) is 104 Å². The smallest absolute Gasteiger partial charge is 0.261 e. The van der Waals surface area contributed by atoms with E-state index in [0.717, 1.165) is 145 Å². The number of thiocarbonyl (C=S) groups is 4. The maximum Gasteiger partial charge on any atom is 0.261 e. The highest BCUT2D eigenvalue weighted by molar-refractivity contribution is 7.83. The minimum atomic E-state index is -0.182. The lowest BCUT2D eigenvalue weighted by molar-refractivity contribution is 0.358. The van der Waals surface area contributed by atoms with Crippen molar-refractivity contribution >= 4 is 197 Å². The molecule has 0 spiro atoms. The van der Waals surface area contributed by atoms with Gasteiger partial charge in [-0.3, -0.25) is 28.3 Å². The zero-order valence-corrected chi connectivity index (χ0v) is 95.8. The van der Waals surface area contributed by atoms with E-state index in [0.29, 0.717) is 46.5 Å². The summed E-state index contributed by atoms with van der Waals surface area (Å²) in [5.74, 6) is 2.45. The number of unbranched alkanes of at least 4 members (excludes halogenated alkanes) is 48. The van der Waals surface area contributed by atoms with Crippen molar-refractivity contribution in [3.63, 3.8) is 0 Å². The van der Waals surface area contributed by atoms with Gasteiger partial charge in [0.25, 0.3) is 22.2 Å². The van der Waals surface area contributed by atoms with Gasteiger partial charge >= 0.3 is 0 Å². The SMILES string of the molecule is CCCCCCCCCCC(CCCCCCCC)CCN1C(=S)c2ccc3c4ccc5c6c(ccc(c7ccc(c2c37)C1=S)c64)C(=S)N(CCC(CCCCCCCC)CCCCCCCCCC)C5=S.CCCCCCCCCCC(CCCCCCCC)CCn1c(=O)c2ccc3c4ccc5c(=O)n(CCC(CCCCCCCC)CCCCCCCCCC)c(=O)c6cc7sc8cc(c1=O)c2c3c8c7c4c56. The van der Waals surface area contributed by atoms with Gasteiger partial charge < -0.3 is 9.80 Å². The van der Waals surface area contributed by atoms with Crippen LogP contribution in [0.25, 0.3) is 117 Å². The molecule has 0 radical (unpaired) electrons. The molecule has 2 aliphatic rings. The van der Waals surface area contributed by atoms with Crippen LogP contribution in [-0.2, 0) is 13.1 Å². The Hall–Kier alpha value is -6.74. The van der Waals surface area contributed by atoms with Gasteiger partial charge in [0.05, 0.1) is 10.8 Å². The minimum Gasteiger partial charge on any atom is -0.323 e. The van der Waals surface area contributed by atoms with E-state index < -0.39 is 0 Å². The van der Waals surface area contributed by atoms with Crippen molar-refractivity contribution in [2.45, 2.75) is 505 Å². The van der Waals surface area contributed by atoms with Crippen molar-refractivity contribution in [1.82, 2.24) is 18.9 Å². The lowest BCUT2D eigenvalue weighted by Crippen LogP contribution is -2.40. The van der Waals surface area contributed by atoms with Gasteiger partial charge in [0.1, 0.15) is 20.0 Å². The second kappa shape index (κ2) is 59.9. The van der Waals surface area contributed by atoms with Crippen LogP contribution in [0.5, 0.6) is 0 Å². The first-order chi connectivity index (χ1) is 71.2. The summed E-state index contributed by atoms with van der Waals surface area (Å²) < 4.78 is 5.12. The number of benzene rings is 10. The number of hydrogen-bond donors (Lipinski definition) is 0. The summed E-state index contributed by atoms with van der Waals surface area (Å²) in [4.78, 5) is 67.2. The van der Waals surface area contributed by atoms with Gasteiger partial charge in [-0.15, -0.1) is 11.3 Å². The molecular weight excluding hydrogens is 1870 g/mol. The molecule has 13 aromatic rings. The average Bonchev–Trinajstić information content (AvgIpc) is 1.53. The second-order valence-corrected chi connectivity index (χ2v) is 48.2. The molecule has 3 aromatic heterocycles. The molecule has 5 heterocycles. The predicted octanol–water partition coefficient (Wildman–Crippen LogP) is 40.8. The molecule has 8 nitrogen and oxygen atoms in total. The zero-order valence-electron chi connectivity index (χ0n) is 91.8. The molecule has 145 heavy (non-hydrogen) atoms. The Morgan fingerprint density at radius 2 is 0.372 bits per heavy atom. The number of hydrogen-bond acceptors (Lipinski definition) is 9. The third-order valence-corrected chi connectivity index (χ3v) is 37.6. The molecule has 4 atom stereocenters. The fourth-order valence-corrected chi connectivity index (χ4v) is 28.8. The molecular formula is C132H186N4O4S5. The van der Waals surface area contributed by atoms with E-state index in [1.54, 1.807) is 20.5 Å². The van der Waals surface area contributed by atoms with Gasteiger partial charge in [0.15, 0.2) is 0 Å². The van der Waals surface area contributed by atoms with Gasteiger partial charge in [-0.05, 0) is 117 Å². The summed E-state index contributed by atoms with van der Waals surface area (Å²) in [7, 11) is 0. The van der Waals surface area contributed by atoms with Crippen LogP contribution in [0.2, 0.25) is 0 Å². The lowest BCUT2D eigenvalue weighted by atomic mass is 9.82. The van der Waals surface area contributed by atoms with E-state index >= 15 is 0 Å². The zero-order chi connectivity index (χ0) is 102. The molecule has 0 aliphatic carbocycles. The fourth-order valence-electron chi connectivity index (χ4n) is 26.0. The Kier molecular flexibility index (Phi) is 47.0. The van der Waals surface area contributed by atoms with Crippen molar-refractivity contribution in [3.8, 4) is 0 Å². The second-order valence-electron chi connectivity index (χ2n) is 45.6. The molecule has 2 aliphatic heterocycles. The van der Waals surface area contributed by atoms with E-state index in [4.69, 9.17) is 48.9 Å². The summed E-state index contributed by atoms with van der Waals surface area (Å²) in [6.45, 7) is 21.0. The van der Waals surface area contributed by atoms with Crippen molar-refractivity contribution in [2.75, 3.05) is 13.1 Å². The number of fused-ring (bicyclic) bond motifs is 3. The molecule has 4 unspecified atom stereocenters. The minimum absolute atomic E-state index is 0.181. The first-order valence-corrected chi connectivity index (χ1v) is 63.2. The summed E-state index contributed by atoms with van der Waals surface area (Å²) in [6, 6.07) is 30.8. The molecule has 788 valence electrons. The number of aromatic nitrogens is 2. The molecule has 0 N–H and O–H groups in total. The highest BCUT2D eigenvalue weighted by atomic mass is 32.1. The Morgan fingerprint density at radius 1 is 0.193 bits per heavy atom. The Balaban J connectivity index is 0.000000230. The maximum atomic E-state index is 14.8. The summed E-state index contributed by atoms with van der Waals surface area (Å²) >= 11 is 27.5. The molecule has 0 bridgehead atoms. The van der Waals surface area contributed by atoms with Crippen molar-refractivity contribution in [1.29, 1.82) is 0 Å². The molecule has 0 saturated heterocycles. The lowest BCUT2D eigenvalue weighted by Gasteiger charge is -2.35. The standard InChI is InChI=1S/C66H92N2O4S.C66H94N2S4/c1-5-9-13-17-21-23-27-31-35-47(33-29-25-19-15-11-7-3)41-43-67-63(69)51-39-37-49-50-38-40-52-58-54(46-56-62(60(50)58)61-55(73-56)45-53(65(67)71)57(51)59(49)61)66(72)68(64(52)70)44-42-48(34-30-26-20-16-12-8-4)36-32-28-24-22-18-14-10-6-2;1-5-9-13-17-21-23-27-31-35-49(33-29-25-19-15-11-7-3)45-47-67-63(69)55-41-37-51-53-39-43-57-62-58(44-40-54(60(53)62)52-38-42-56(64(67)70)61(55)59(51)52)66(72)68(65(57)71)48-46-50(34-30-26-20-16-12-8-4)36-32-28-24-22-18-14-10-6-2/h37-40,45-48H,5-36,41-44H2,1-4H3;37-44,49-50H,5-36,45-48H2,1-4H3. The van der Waals surface area contributed by atoms with E-state index in [-0.39, 0.29) is 22.2 Å². The third kappa shape index (κ3) is 28.8. The normalized spacial score (nSPS) is 14.0. The van der Waals surface area contributed by atoms with E-state index in [2.05, 4.69) is 126 Å². The molecule has 0 saturated carbocycles. The van der Waals surface area contributed by atoms with E-state index in [1.165, 1.54) is 454 Å². The van der Waals surface area contributed by atoms with Crippen molar-refractivity contribution in [2.24, 2.45) is 23.7 Å². The molecule has 15 rings (SSSR count). The van der Waals surface area contributed by atoms with E-state index in [9.17, 15) is 19.2 Å². The number of pyridine rings is 2. The van der Waals surface area contributed by atoms with Gasteiger partial charge in [-0.2, -0.15) is 0 Å². The Bertz CT molecular complexity index is 5950. The third-order valence-electron chi connectivity index (χ3n) is 34.7. The highest BCUT2D eigenvalue weighted by Crippen LogP contribution is 2.53. The monoisotopic (exact) mass is 2050 g/mol. The van der Waals surface area contributed by atoms with Crippen molar-refractivity contribution in [3.05, 3.63) is 149 Å². The van der Waals surface area contributed by atoms with Crippen LogP contribution in [0.4, 0.5) is 0 Å². The predicted molar refractivity (Wildman–Crippen MR) is 654 cm³/mol. The molecule has 0 amide bonds. The summed E-state index contributed by atoms with van der Waals surface area (Å²) in [5, 5.41) is 20.0. The summed E-state index contributed by atoms with van der Waals surface area (Å²) in [6.07, 6.45) is 88.5. The van der Waals surface area contributed by atoms with Crippen LogP contribution in [-0.4, -0.2) is 52.0 Å². The average molecular weight is 2050 g/mol. The van der Waals surface area contributed by atoms with Crippen LogP contribution < -0.4 is 22.2 Å². The van der Waals surface area contributed by atoms with Crippen LogP contribution >= 0.6 is 60.2 Å². The number of rotatable bonds is 76. The van der Waals surface area contributed by atoms with Crippen LogP contribution in [0.3, 0.4) is 0 Å². The molecule has 0 fully saturated rings. The van der Waals surface area contributed by atoms with Crippen molar-refractivity contribution < 1.29 is 0 Å². The highest BCUT2D eigenvalue weighted by Gasteiger charge is 2.35. The summed E-state index contributed by atoms with van der Waals surface area (Å²) in [5.41, 5.74) is 3.92. The first kappa shape index (κ1) is 114. The number of nitrogens with zero attached hydrogens (tertiary/aromatic N) is 4. The van der Waals surface area contributed by atoms with Crippen LogP contribution in [0.1, 0.15) is 514 Å².